The smallest absolute Gasteiger partial charge is 0.306 e. The Labute approximate surface area is 276 Å². The molecule has 6 nitrogen and oxygen atoms in total. The normalized spacial score (nSPS) is 12.3. The van der Waals surface area contributed by atoms with E-state index in [0.717, 1.165) is 96.3 Å². The molecule has 45 heavy (non-hydrogen) atoms. The zero-order valence-electron chi connectivity index (χ0n) is 29.4. The second-order valence-corrected chi connectivity index (χ2v) is 12.1. The van der Waals surface area contributed by atoms with Crippen molar-refractivity contribution in [1.82, 2.24) is 0 Å². The molecule has 0 aliphatic carbocycles. The molecule has 0 spiro atoms. The van der Waals surface area contributed by atoms with E-state index in [1.54, 1.807) is 0 Å². The first-order valence-corrected chi connectivity index (χ1v) is 18.5. The summed E-state index contributed by atoms with van der Waals surface area (Å²) in [6.07, 6.45) is 35.9. The molecule has 0 aromatic rings. The molecular formula is C39H68O6. The standard InChI is InChI=1S/C39H68O6/c1-4-7-10-13-16-17-18-19-20-21-22-23-24-27-29-32-38(41)44-35-36(45-39(42)33-30-26-15-12-9-6-3)34-43-37(40)31-28-25-14-11-8-5-2/h7,10,16-17,19-20,36H,4-6,8-9,11-15,18,21-35H2,1-3H3/b10-7-,17-16-,20-19-. The van der Waals surface area contributed by atoms with Gasteiger partial charge in [-0.3, -0.25) is 14.4 Å². The molecule has 0 saturated carbocycles. The fraction of sp³-hybridized carbons (Fsp3) is 0.769. The second-order valence-electron chi connectivity index (χ2n) is 12.1. The summed E-state index contributed by atoms with van der Waals surface area (Å²) in [5.74, 6) is -0.923. The van der Waals surface area contributed by atoms with Crippen LogP contribution in [0.3, 0.4) is 0 Å². The monoisotopic (exact) mass is 633 g/mol. The van der Waals surface area contributed by atoms with E-state index in [4.69, 9.17) is 14.2 Å². The van der Waals surface area contributed by atoms with Crippen molar-refractivity contribution in [2.24, 2.45) is 0 Å². The van der Waals surface area contributed by atoms with Crippen LogP contribution in [0.25, 0.3) is 0 Å². The predicted octanol–water partition coefficient (Wildman–Crippen LogP) is 11.1. The topological polar surface area (TPSA) is 78.9 Å². The number of hydrogen-bond donors (Lipinski definition) is 0. The van der Waals surface area contributed by atoms with Crippen molar-refractivity contribution in [1.29, 1.82) is 0 Å². The molecule has 0 amide bonds. The lowest BCUT2D eigenvalue weighted by Gasteiger charge is -2.18. The zero-order valence-corrected chi connectivity index (χ0v) is 29.4. The van der Waals surface area contributed by atoms with Crippen LogP contribution in [0, 0.1) is 0 Å². The zero-order chi connectivity index (χ0) is 33.1. The number of carbonyl (C=O) groups excluding carboxylic acids is 3. The summed E-state index contributed by atoms with van der Waals surface area (Å²) in [5.41, 5.74) is 0. The van der Waals surface area contributed by atoms with Crippen LogP contribution in [0.1, 0.15) is 175 Å². The van der Waals surface area contributed by atoms with Crippen LogP contribution in [0.15, 0.2) is 36.5 Å². The van der Waals surface area contributed by atoms with E-state index in [-0.39, 0.29) is 31.1 Å². The maximum atomic E-state index is 12.4. The average Bonchev–Trinajstić information content (AvgIpc) is 3.03. The van der Waals surface area contributed by atoms with Crippen molar-refractivity contribution >= 4 is 17.9 Å². The Morgan fingerprint density at radius 3 is 1.36 bits per heavy atom. The van der Waals surface area contributed by atoms with Crippen LogP contribution in [-0.4, -0.2) is 37.2 Å². The van der Waals surface area contributed by atoms with Crippen LogP contribution in [0.2, 0.25) is 0 Å². The van der Waals surface area contributed by atoms with Crippen molar-refractivity contribution in [3.8, 4) is 0 Å². The molecular weight excluding hydrogens is 564 g/mol. The lowest BCUT2D eigenvalue weighted by molar-refractivity contribution is -0.167. The lowest BCUT2D eigenvalue weighted by Crippen LogP contribution is -2.30. The molecule has 0 aliphatic rings. The summed E-state index contributed by atoms with van der Waals surface area (Å²) < 4.78 is 16.4. The summed E-state index contributed by atoms with van der Waals surface area (Å²) in [4.78, 5) is 37.1. The van der Waals surface area contributed by atoms with Crippen LogP contribution in [0.5, 0.6) is 0 Å². The van der Waals surface area contributed by atoms with Gasteiger partial charge in [0.2, 0.25) is 0 Å². The first-order valence-electron chi connectivity index (χ1n) is 18.5. The number of carbonyl (C=O) groups is 3. The van der Waals surface area contributed by atoms with Crippen LogP contribution in [-0.2, 0) is 28.6 Å². The molecule has 0 heterocycles. The molecule has 0 radical (unpaired) electrons. The van der Waals surface area contributed by atoms with Gasteiger partial charge in [0.1, 0.15) is 13.2 Å². The molecule has 6 heteroatoms. The SMILES string of the molecule is CC/C=C\C/C=C\C/C=C\CCCCCCCC(=O)OCC(COC(=O)CCCCCCCC)OC(=O)CCCCCCCC. The van der Waals surface area contributed by atoms with Crippen molar-refractivity contribution in [2.45, 2.75) is 181 Å². The van der Waals surface area contributed by atoms with Gasteiger partial charge in [-0.1, -0.05) is 141 Å². The third-order valence-electron chi connectivity index (χ3n) is 7.66. The average molecular weight is 633 g/mol. The van der Waals surface area contributed by atoms with Crippen LogP contribution in [0.4, 0.5) is 0 Å². The first-order chi connectivity index (χ1) is 22.0. The Balaban J connectivity index is 4.26. The summed E-state index contributed by atoms with van der Waals surface area (Å²) >= 11 is 0. The van der Waals surface area contributed by atoms with E-state index >= 15 is 0 Å². The number of hydrogen-bond acceptors (Lipinski definition) is 6. The highest BCUT2D eigenvalue weighted by molar-refractivity contribution is 5.71. The number of unbranched alkanes of at least 4 members (excludes halogenated alkanes) is 15. The van der Waals surface area contributed by atoms with Gasteiger partial charge >= 0.3 is 17.9 Å². The van der Waals surface area contributed by atoms with E-state index in [2.05, 4.69) is 57.2 Å². The predicted molar refractivity (Wildman–Crippen MR) is 187 cm³/mol. The number of allylic oxidation sites excluding steroid dienone is 6. The third kappa shape index (κ3) is 32.8. The second kappa shape index (κ2) is 34.5. The first kappa shape index (κ1) is 42.6. The Kier molecular flexibility index (Phi) is 32.7. The fourth-order valence-corrected chi connectivity index (χ4v) is 4.86. The van der Waals surface area contributed by atoms with E-state index in [1.807, 2.05) is 0 Å². The van der Waals surface area contributed by atoms with Gasteiger partial charge in [-0.25, -0.2) is 0 Å². The van der Waals surface area contributed by atoms with Crippen molar-refractivity contribution < 1.29 is 28.6 Å². The van der Waals surface area contributed by atoms with Gasteiger partial charge in [0.05, 0.1) is 0 Å². The van der Waals surface area contributed by atoms with Gasteiger partial charge in [-0.2, -0.15) is 0 Å². The molecule has 1 atom stereocenters. The van der Waals surface area contributed by atoms with Crippen molar-refractivity contribution in [3.05, 3.63) is 36.5 Å². The molecule has 0 N–H and O–H groups in total. The van der Waals surface area contributed by atoms with E-state index < -0.39 is 6.10 Å². The quantitative estimate of drug-likeness (QED) is 0.0318. The van der Waals surface area contributed by atoms with E-state index in [0.29, 0.717) is 19.3 Å². The van der Waals surface area contributed by atoms with Gasteiger partial charge in [0.25, 0.3) is 0 Å². The summed E-state index contributed by atoms with van der Waals surface area (Å²) in [6.45, 7) is 6.35. The summed E-state index contributed by atoms with van der Waals surface area (Å²) in [6, 6.07) is 0. The highest BCUT2D eigenvalue weighted by atomic mass is 16.6. The molecule has 0 bridgehead atoms. The van der Waals surface area contributed by atoms with Gasteiger partial charge in [-0.15, -0.1) is 0 Å². The number of rotatable bonds is 32. The summed E-state index contributed by atoms with van der Waals surface area (Å²) in [7, 11) is 0. The van der Waals surface area contributed by atoms with Crippen LogP contribution >= 0.6 is 0 Å². The molecule has 0 rings (SSSR count). The molecule has 0 aromatic carbocycles. The largest absolute Gasteiger partial charge is 0.462 e. The van der Waals surface area contributed by atoms with Crippen LogP contribution < -0.4 is 0 Å². The van der Waals surface area contributed by atoms with Gasteiger partial charge in [-0.05, 0) is 51.4 Å². The van der Waals surface area contributed by atoms with Gasteiger partial charge < -0.3 is 14.2 Å². The van der Waals surface area contributed by atoms with Crippen molar-refractivity contribution in [2.75, 3.05) is 13.2 Å². The highest BCUT2D eigenvalue weighted by Crippen LogP contribution is 2.12. The van der Waals surface area contributed by atoms with E-state index in [1.165, 1.54) is 38.5 Å². The summed E-state index contributed by atoms with van der Waals surface area (Å²) in [5, 5.41) is 0. The molecule has 1 unspecified atom stereocenters. The molecule has 260 valence electrons. The molecule has 0 aromatic heterocycles. The maximum absolute atomic E-state index is 12.4. The minimum Gasteiger partial charge on any atom is -0.462 e. The highest BCUT2D eigenvalue weighted by Gasteiger charge is 2.19. The molecule has 0 saturated heterocycles. The Bertz CT molecular complexity index is 784. The molecule has 0 fully saturated rings. The minimum atomic E-state index is -0.767. The Morgan fingerprint density at radius 1 is 0.467 bits per heavy atom. The Morgan fingerprint density at radius 2 is 0.867 bits per heavy atom. The fourth-order valence-electron chi connectivity index (χ4n) is 4.86. The number of esters is 3. The van der Waals surface area contributed by atoms with Crippen molar-refractivity contribution in [3.63, 3.8) is 0 Å². The maximum Gasteiger partial charge on any atom is 0.306 e. The third-order valence-corrected chi connectivity index (χ3v) is 7.66. The Hall–Kier alpha value is -2.37. The van der Waals surface area contributed by atoms with E-state index in [9.17, 15) is 14.4 Å². The van der Waals surface area contributed by atoms with Gasteiger partial charge in [0.15, 0.2) is 6.10 Å². The minimum absolute atomic E-state index is 0.0782. The molecule has 0 aliphatic heterocycles. The van der Waals surface area contributed by atoms with Gasteiger partial charge in [0, 0.05) is 19.3 Å². The number of ether oxygens (including phenoxy) is 3. The lowest BCUT2D eigenvalue weighted by atomic mass is 10.1.